The lowest BCUT2D eigenvalue weighted by Gasteiger charge is -2.35. The summed E-state index contributed by atoms with van der Waals surface area (Å²) in [4.78, 5) is 14.1. The van der Waals surface area contributed by atoms with E-state index in [1.807, 2.05) is 13.8 Å². The molecule has 1 aliphatic rings. The Kier molecular flexibility index (Phi) is 8.15. The summed E-state index contributed by atoms with van der Waals surface area (Å²) in [6.07, 6.45) is 0.625. The van der Waals surface area contributed by atoms with Crippen LogP contribution < -0.4 is 5.73 Å². The number of rotatable bonds is 5. The number of nitrogens with zero attached hydrogens (tertiary/aromatic N) is 2. The molecule has 0 spiro atoms. The van der Waals surface area contributed by atoms with Gasteiger partial charge in [-0.05, 0) is 30.5 Å². The van der Waals surface area contributed by atoms with Gasteiger partial charge in [-0.25, -0.2) is 8.42 Å². The molecule has 1 amide bonds. The Labute approximate surface area is 160 Å². The highest BCUT2D eigenvalue weighted by Gasteiger charge is 2.31. The van der Waals surface area contributed by atoms with Crippen molar-refractivity contribution in [3.63, 3.8) is 0 Å². The van der Waals surface area contributed by atoms with Crippen LogP contribution in [0, 0.1) is 5.92 Å². The molecule has 0 bridgehead atoms. The molecule has 0 saturated carbocycles. The van der Waals surface area contributed by atoms with E-state index in [1.165, 1.54) is 16.4 Å². The summed E-state index contributed by atoms with van der Waals surface area (Å²) >= 11 is 5.88. The van der Waals surface area contributed by atoms with Gasteiger partial charge in [0.1, 0.15) is 0 Å². The molecule has 1 saturated heterocycles. The number of nitrogens with two attached hydrogens (primary N) is 1. The van der Waals surface area contributed by atoms with Crippen molar-refractivity contribution in [3.8, 4) is 0 Å². The molecular weight excluding hydrogens is 385 g/mol. The van der Waals surface area contributed by atoms with E-state index < -0.39 is 16.1 Å². The van der Waals surface area contributed by atoms with Crippen molar-refractivity contribution in [2.24, 2.45) is 11.7 Å². The van der Waals surface area contributed by atoms with Crippen molar-refractivity contribution < 1.29 is 13.2 Å². The number of amides is 1. The molecule has 1 atom stereocenters. The molecule has 1 aromatic carbocycles. The van der Waals surface area contributed by atoms with Crippen LogP contribution in [0.1, 0.15) is 20.3 Å². The van der Waals surface area contributed by atoms with Crippen molar-refractivity contribution >= 4 is 39.9 Å². The fourth-order valence-electron chi connectivity index (χ4n) is 2.77. The molecule has 2 rings (SSSR count). The zero-order valence-corrected chi connectivity index (χ0v) is 16.8. The Hall–Kier alpha value is -0.860. The highest BCUT2D eigenvalue weighted by molar-refractivity contribution is 7.89. The van der Waals surface area contributed by atoms with Crippen molar-refractivity contribution in [3.05, 3.63) is 29.3 Å². The highest BCUT2D eigenvalue weighted by atomic mass is 35.5. The minimum absolute atomic E-state index is 0. The third-order valence-corrected chi connectivity index (χ3v) is 6.16. The smallest absolute Gasteiger partial charge is 0.243 e. The number of carbonyl (C=O) groups excluding carboxylic acids is 1. The van der Waals surface area contributed by atoms with E-state index in [-0.39, 0.29) is 36.3 Å². The first kappa shape index (κ1) is 22.2. The lowest BCUT2D eigenvalue weighted by Crippen LogP contribution is -2.54. The van der Waals surface area contributed by atoms with E-state index >= 15 is 0 Å². The molecule has 2 N–H and O–H groups in total. The molecule has 1 aliphatic heterocycles. The van der Waals surface area contributed by atoms with Crippen LogP contribution in [-0.2, 0) is 14.8 Å². The van der Waals surface area contributed by atoms with Crippen LogP contribution in [0.15, 0.2) is 29.2 Å². The molecule has 0 unspecified atom stereocenters. The highest BCUT2D eigenvalue weighted by Crippen LogP contribution is 2.21. The quantitative estimate of drug-likeness (QED) is 0.805. The number of hydrogen-bond donors (Lipinski definition) is 1. The van der Waals surface area contributed by atoms with Crippen LogP contribution in [0.2, 0.25) is 5.02 Å². The van der Waals surface area contributed by atoms with Gasteiger partial charge in [-0.15, -0.1) is 12.4 Å². The van der Waals surface area contributed by atoms with E-state index in [0.717, 1.165) is 0 Å². The van der Waals surface area contributed by atoms with Gasteiger partial charge in [0.05, 0.1) is 10.9 Å². The van der Waals surface area contributed by atoms with E-state index in [9.17, 15) is 13.2 Å². The maximum absolute atomic E-state index is 12.6. The summed E-state index contributed by atoms with van der Waals surface area (Å²) in [5, 5.41) is 0.379. The number of benzene rings is 1. The van der Waals surface area contributed by atoms with Gasteiger partial charge in [-0.2, -0.15) is 4.31 Å². The summed E-state index contributed by atoms with van der Waals surface area (Å²) in [7, 11) is -3.59. The molecule has 9 heteroatoms. The van der Waals surface area contributed by atoms with Gasteiger partial charge in [0, 0.05) is 31.2 Å². The van der Waals surface area contributed by atoms with Gasteiger partial charge < -0.3 is 10.6 Å². The number of carbonyl (C=O) groups is 1. The van der Waals surface area contributed by atoms with Crippen LogP contribution in [0.4, 0.5) is 0 Å². The predicted molar refractivity (Wildman–Crippen MR) is 101 cm³/mol. The maximum atomic E-state index is 12.6. The summed E-state index contributed by atoms with van der Waals surface area (Å²) in [6.45, 7) is 5.25. The molecule has 6 nitrogen and oxygen atoms in total. The average molecular weight is 410 g/mol. The molecule has 25 heavy (non-hydrogen) atoms. The van der Waals surface area contributed by atoms with Gasteiger partial charge in [0.2, 0.25) is 15.9 Å². The standard InChI is InChI=1S/C16H24ClN3O3S.ClH/c1-12(2)10-15(18)16(21)19-6-8-20(9-7-19)24(22,23)14-5-3-4-13(17)11-14;/h3-5,11-12,15H,6-10,18H2,1-2H3;1H/t15-;/m0./s1. The predicted octanol–water partition coefficient (Wildman–Crippen LogP) is 1.97. The van der Waals surface area contributed by atoms with Crippen molar-refractivity contribution in [1.82, 2.24) is 9.21 Å². The molecule has 0 aromatic heterocycles. The lowest BCUT2D eigenvalue weighted by molar-refractivity contribution is -0.134. The first-order chi connectivity index (χ1) is 11.2. The van der Waals surface area contributed by atoms with Crippen LogP contribution >= 0.6 is 24.0 Å². The molecule has 0 radical (unpaired) electrons. The molecule has 1 fully saturated rings. The van der Waals surface area contributed by atoms with E-state index in [0.29, 0.717) is 30.5 Å². The number of hydrogen-bond acceptors (Lipinski definition) is 4. The first-order valence-electron chi connectivity index (χ1n) is 8.02. The summed E-state index contributed by atoms with van der Waals surface area (Å²) < 4.78 is 26.7. The third-order valence-electron chi connectivity index (χ3n) is 4.03. The topological polar surface area (TPSA) is 83.7 Å². The van der Waals surface area contributed by atoms with E-state index in [1.54, 1.807) is 17.0 Å². The zero-order chi connectivity index (χ0) is 17.9. The normalized spacial score (nSPS) is 17.2. The summed E-state index contributed by atoms with van der Waals surface area (Å²) in [6, 6.07) is 5.68. The van der Waals surface area contributed by atoms with Gasteiger partial charge >= 0.3 is 0 Å². The molecule has 0 aliphatic carbocycles. The minimum atomic E-state index is -3.59. The van der Waals surface area contributed by atoms with Crippen molar-refractivity contribution in [1.29, 1.82) is 0 Å². The Morgan fingerprint density at radius 2 is 1.84 bits per heavy atom. The molecule has 1 aromatic rings. The van der Waals surface area contributed by atoms with Gasteiger partial charge in [-0.1, -0.05) is 31.5 Å². The Bertz CT molecular complexity index is 690. The van der Waals surface area contributed by atoms with Crippen LogP contribution in [0.25, 0.3) is 0 Å². The first-order valence-corrected chi connectivity index (χ1v) is 9.83. The third kappa shape index (κ3) is 5.56. The fraction of sp³-hybridized carbons (Fsp3) is 0.562. The van der Waals surface area contributed by atoms with Crippen LogP contribution in [0.3, 0.4) is 0 Å². The van der Waals surface area contributed by atoms with Crippen LogP contribution in [0.5, 0.6) is 0 Å². The fourth-order valence-corrected chi connectivity index (χ4v) is 4.49. The second-order valence-electron chi connectivity index (χ2n) is 6.42. The largest absolute Gasteiger partial charge is 0.339 e. The molecular formula is C16H25Cl2N3O3S. The maximum Gasteiger partial charge on any atom is 0.243 e. The SMILES string of the molecule is CC(C)C[C@H](N)C(=O)N1CCN(S(=O)(=O)c2cccc(Cl)c2)CC1.Cl. The minimum Gasteiger partial charge on any atom is -0.339 e. The Morgan fingerprint density at radius 3 is 2.36 bits per heavy atom. The van der Waals surface area contributed by atoms with Crippen molar-refractivity contribution in [2.75, 3.05) is 26.2 Å². The number of sulfonamides is 1. The molecule has 1 heterocycles. The second-order valence-corrected chi connectivity index (χ2v) is 8.80. The monoisotopic (exact) mass is 409 g/mol. The van der Waals surface area contributed by atoms with Gasteiger partial charge in [0.15, 0.2) is 0 Å². The zero-order valence-electron chi connectivity index (χ0n) is 14.4. The average Bonchev–Trinajstić information content (AvgIpc) is 2.53. The van der Waals surface area contributed by atoms with Gasteiger partial charge in [0.25, 0.3) is 0 Å². The van der Waals surface area contributed by atoms with Gasteiger partial charge in [-0.3, -0.25) is 4.79 Å². The lowest BCUT2D eigenvalue weighted by atomic mass is 10.0. The number of halogens is 2. The Balaban J connectivity index is 0.00000312. The Morgan fingerprint density at radius 1 is 1.24 bits per heavy atom. The summed E-state index contributed by atoms with van der Waals surface area (Å²) in [5.74, 6) is 0.233. The van der Waals surface area contributed by atoms with Crippen LogP contribution in [-0.4, -0.2) is 55.8 Å². The summed E-state index contributed by atoms with van der Waals surface area (Å²) in [5.41, 5.74) is 5.94. The molecule has 142 valence electrons. The number of piperazine rings is 1. The van der Waals surface area contributed by atoms with Crippen molar-refractivity contribution in [2.45, 2.75) is 31.2 Å². The van der Waals surface area contributed by atoms with E-state index in [4.69, 9.17) is 17.3 Å². The second kappa shape index (κ2) is 9.19. The van der Waals surface area contributed by atoms with E-state index in [2.05, 4.69) is 0 Å².